The second-order valence-corrected chi connectivity index (χ2v) is 5.14. The lowest BCUT2D eigenvalue weighted by molar-refractivity contribution is -0.149. The van der Waals surface area contributed by atoms with Crippen LogP contribution in [0.4, 0.5) is 0 Å². The van der Waals surface area contributed by atoms with E-state index in [1.165, 1.54) is 0 Å². The molecule has 2 amide bonds. The fourth-order valence-corrected chi connectivity index (χ4v) is 2.73. The van der Waals surface area contributed by atoms with E-state index in [4.69, 9.17) is 4.74 Å². The van der Waals surface area contributed by atoms with Gasteiger partial charge in [0.05, 0.1) is 25.0 Å². The third-order valence-electron chi connectivity index (χ3n) is 3.75. The van der Waals surface area contributed by atoms with Crippen molar-refractivity contribution in [1.29, 1.82) is 0 Å². The molecule has 2 aliphatic rings. The van der Waals surface area contributed by atoms with Crippen LogP contribution in [0.2, 0.25) is 0 Å². The van der Waals surface area contributed by atoms with Gasteiger partial charge in [0.25, 0.3) is 0 Å². The van der Waals surface area contributed by atoms with Crippen molar-refractivity contribution in [2.24, 2.45) is 5.92 Å². The van der Waals surface area contributed by atoms with Crippen LogP contribution < -0.4 is 10.6 Å². The third-order valence-corrected chi connectivity index (χ3v) is 3.75. The van der Waals surface area contributed by atoms with Crippen molar-refractivity contribution in [3.8, 4) is 0 Å². The summed E-state index contributed by atoms with van der Waals surface area (Å²) in [4.78, 5) is 34.1. The summed E-state index contributed by atoms with van der Waals surface area (Å²) in [6.45, 7) is 2.22. The van der Waals surface area contributed by atoms with Crippen LogP contribution >= 0.6 is 0 Å². The van der Waals surface area contributed by atoms with Crippen LogP contribution in [0.1, 0.15) is 39.0 Å². The van der Waals surface area contributed by atoms with E-state index in [0.29, 0.717) is 6.61 Å². The maximum absolute atomic E-state index is 11.6. The molecule has 1 heterocycles. The molecular formula is C13H20N2O4. The molecule has 1 aliphatic heterocycles. The van der Waals surface area contributed by atoms with Gasteiger partial charge in [-0.15, -0.1) is 0 Å². The lowest BCUT2D eigenvalue weighted by Gasteiger charge is -2.29. The Kier molecular flexibility index (Phi) is 4.52. The molecule has 0 radical (unpaired) electrons. The molecule has 2 N–H and O–H groups in total. The van der Waals surface area contributed by atoms with E-state index in [1.807, 2.05) is 0 Å². The summed E-state index contributed by atoms with van der Waals surface area (Å²) in [7, 11) is 0. The first-order chi connectivity index (χ1) is 9.10. The van der Waals surface area contributed by atoms with E-state index in [-0.39, 0.29) is 36.2 Å². The zero-order valence-corrected chi connectivity index (χ0v) is 11.1. The van der Waals surface area contributed by atoms with Gasteiger partial charge >= 0.3 is 5.97 Å². The van der Waals surface area contributed by atoms with Crippen molar-refractivity contribution < 1.29 is 19.1 Å². The smallest absolute Gasteiger partial charge is 0.308 e. The molecule has 2 rings (SSSR count). The molecule has 19 heavy (non-hydrogen) atoms. The fourth-order valence-electron chi connectivity index (χ4n) is 2.73. The van der Waals surface area contributed by atoms with Crippen LogP contribution in [-0.4, -0.2) is 36.5 Å². The first-order valence-electron chi connectivity index (χ1n) is 6.86. The van der Waals surface area contributed by atoms with Gasteiger partial charge in [0.1, 0.15) is 0 Å². The Hall–Kier alpha value is -1.43. The Morgan fingerprint density at radius 3 is 2.53 bits per heavy atom. The predicted molar refractivity (Wildman–Crippen MR) is 67.1 cm³/mol. The maximum Gasteiger partial charge on any atom is 0.308 e. The monoisotopic (exact) mass is 268 g/mol. The number of nitrogens with one attached hydrogen (secondary N) is 2. The van der Waals surface area contributed by atoms with E-state index in [2.05, 4.69) is 10.6 Å². The number of imide groups is 1. The van der Waals surface area contributed by atoms with E-state index in [1.54, 1.807) is 6.92 Å². The van der Waals surface area contributed by atoms with Crippen molar-refractivity contribution in [1.82, 2.24) is 10.6 Å². The minimum absolute atomic E-state index is 0.0166. The third kappa shape index (κ3) is 3.53. The minimum Gasteiger partial charge on any atom is -0.466 e. The molecule has 0 aromatic rings. The Morgan fingerprint density at radius 2 is 2.00 bits per heavy atom. The van der Waals surface area contributed by atoms with E-state index in [0.717, 1.165) is 25.7 Å². The molecule has 1 atom stereocenters. The van der Waals surface area contributed by atoms with Crippen LogP contribution in [0, 0.1) is 5.92 Å². The number of carbonyl (C=O) groups is 3. The van der Waals surface area contributed by atoms with Gasteiger partial charge in [0.15, 0.2) is 0 Å². The number of carbonyl (C=O) groups excluding carboxylic acids is 3. The van der Waals surface area contributed by atoms with Gasteiger partial charge in [-0.2, -0.15) is 0 Å². The van der Waals surface area contributed by atoms with Crippen LogP contribution in [0.25, 0.3) is 0 Å². The quantitative estimate of drug-likeness (QED) is 0.558. The Bertz CT molecular complexity index is 375. The highest BCUT2D eigenvalue weighted by atomic mass is 16.5. The van der Waals surface area contributed by atoms with E-state index in [9.17, 15) is 14.4 Å². The van der Waals surface area contributed by atoms with Gasteiger partial charge in [-0.25, -0.2) is 0 Å². The second-order valence-electron chi connectivity index (χ2n) is 5.14. The number of ether oxygens (including phenoxy) is 1. The van der Waals surface area contributed by atoms with Crippen LogP contribution in [0.5, 0.6) is 0 Å². The summed E-state index contributed by atoms with van der Waals surface area (Å²) in [6, 6.07) is -0.205. The van der Waals surface area contributed by atoms with Gasteiger partial charge in [-0.05, 0) is 32.6 Å². The minimum atomic E-state index is -0.406. The molecule has 6 nitrogen and oxygen atoms in total. The molecule has 0 spiro atoms. The molecular weight excluding hydrogens is 248 g/mol. The standard InChI is InChI=1S/C13H20N2O4/c1-2-19-13(18)8-3-5-9(6-4-8)14-10-7-11(16)15-12(10)17/h8-10,14H,2-7H2,1H3,(H,15,16,17). The van der Waals surface area contributed by atoms with Gasteiger partial charge < -0.3 is 10.1 Å². The lowest BCUT2D eigenvalue weighted by atomic mass is 9.85. The highest BCUT2D eigenvalue weighted by Gasteiger charge is 2.34. The Balaban J connectivity index is 1.76. The molecule has 6 heteroatoms. The average molecular weight is 268 g/mol. The molecule has 0 bridgehead atoms. The zero-order chi connectivity index (χ0) is 13.8. The molecule has 1 saturated heterocycles. The van der Waals surface area contributed by atoms with Gasteiger partial charge in [0, 0.05) is 6.04 Å². The Labute approximate surface area is 112 Å². The summed E-state index contributed by atoms with van der Waals surface area (Å²) < 4.78 is 5.01. The maximum atomic E-state index is 11.6. The van der Waals surface area contributed by atoms with Crippen molar-refractivity contribution in [3.05, 3.63) is 0 Å². The number of hydrogen-bond donors (Lipinski definition) is 2. The average Bonchev–Trinajstić information content (AvgIpc) is 2.69. The molecule has 1 saturated carbocycles. The van der Waals surface area contributed by atoms with Crippen molar-refractivity contribution in [2.45, 2.75) is 51.1 Å². The zero-order valence-electron chi connectivity index (χ0n) is 11.1. The summed E-state index contributed by atoms with van der Waals surface area (Å²) in [5.74, 6) is -0.591. The lowest BCUT2D eigenvalue weighted by Crippen LogP contribution is -2.44. The molecule has 1 unspecified atom stereocenters. The molecule has 1 aliphatic carbocycles. The largest absolute Gasteiger partial charge is 0.466 e. The summed E-state index contributed by atoms with van der Waals surface area (Å²) >= 11 is 0. The normalized spacial score (nSPS) is 31.1. The van der Waals surface area contributed by atoms with Crippen LogP contribution in [0.15, 0.2) is 0 Å². The van der Waals surface area contributed by atoms with Gasteiger partial charge in [-0.3, -0.25) is 19.7 Å². The summed E-state index contributed by atoms with van der Waals surface area (Å²) in [5.41, 5.74) is 0. The topological polar surface area (TPSA) is 84.5 Å². The summed E-state index contributed by atoms with van der Waals surface area (Å²) in [5, 5.41) is 5.49. The fraction of sp³-hybridized carbons (Fsp3) is 0.769. The van der Waals surface area contributed by atoms with E-state index < -0.39 is 6.04 Å². The van der Waals surface area contributed by atoms with Crippen molar-refractivity contribution in [3.63, 3.8) is 0 Å². The van der Waals surface area contributed by atoms with Gasteiger partial charge in [0.2, 0.25) is 11.8 Å². The first-order valence-corrected chi connectivity index (χ1v) is 6.86. The molecule has 2 fully saturated rings. The number of amides is 2. The number of esters is 1. The van der Waals surface area contributed by atoms with Crippen LogP contribution in [-0.2, 0) is 19.1 Å². The highest BCUT2D eigenvalue weighted by Crippen LogP contribution is 2.26. The highest BCUT2D eigenvalue weighted by molar-refractivity contribution is 6.05. The van der Waals surface area contributed by atoms with Crippen molar-refractivity contribution in [2.75, 3.05) is 6.61 Å². The first kappa shape index (κ1) is 14.0. The van der Waals surface area contributed by atoms with Gasteiger partial charge in [-0.1, -0.05) is 0 Å². The molecule has 0 aromatic heterocycles. The summed E-state index contributed by atoms with van der Waals surface area (Å²) in [6.07, 6.45) is 3.44. The SMILES string of the molecule is CCOC(=O)C1CCC(NC2CC(=O)NC2=O)CC1. The molecule has 106 valence electrons. The Morgan fingerprint density at radius 1 is 1.32 bits per heavy atom. The predicted octanol–water partition coefficient (Wildman–Crippen LogP) is 0.113. The number of rotatable bonds is 4. The van der Waals surface area contributed by atoms with E-state index >= 15 is 0 Å². The number of hydrogen-bond acceptors (Lipinski definition) is 5. The van der Waals surface area contributed by atoms with Crippen LogP contribution in [0.3, 0.4) is 0 Å². The molecule has 0 aromatic carbocycles. The second kappa shape index (κ2) is 6.14. The van der Waals surface area contributed by atoms with Crippen molar-refractivity contribution >= 4 is 17.8 Å².